The van der Waals surface area contributed by atoms with Gasteiger partial charge in [-0.1, -0.05) is 27.2 Å². The number of nitrogens with one attached hydrogen (secondary N) is 1. The Morgan fingerprint density at radius 2 is 1.95 bits per heavy atom. The molecule has 2 saturated carbocycles. The highest BCUT2D eigenvalue weighted by Crippen LogP contribution is 2.48. The van der Waals surface area contributed by atoms with Crippen molar-refractivity contribution in [2.75, 3.05) is 17.6 Å². The monoisotopic (exact) mass is 288 g/mol. The van der Waals surface area contributed by atoms with Gasteiger partial charge in [0, 0.05) is 17.5 Å². The Kier molecular flexibility index (Phi) is 3.58. The molecule has 0 amide bonds. The van der Waals surface area contributed by atoms with Crippen LogP contribution >= 0.6 is 0 Å². The highest BCUT2D eigenvalue weighted by atomic mass is 15.1. The first-order valence-electron chi connectivity index (χ1n) is 8.23. The van der Waals surface area contributed by atoms with Gasteiger partial charge in [-0.05, 0) is 43.9 Å². The van der Waals surface area contributed by atoms with Gasteiger partial charge in [-0.3, -0.25) is 0 Å². The normalized spacial score (nSPS) is 28.1. The van der Waals surface area contributed by atoms with Crippen LogP contribution in [0.3, 0.4) is 0 Å². The van der Waals surface area contributed by atoms with E-state index in [1.165, 1.54) is 25.7 Å². The lowest BCUT2D eigenvalue weighted by Crippen LogP contribution is -2.23. The van der Waals surface area contributed by atoms with Crippen LogP contribution in [0.5, 0.6) is 0 Å². The summed E-state index contributed by atoms with van der Waals surface area (Å²) in [6.07, 6.45) is 5.72. The summed E-state index contributed by atoms with van der Waals surface area (Å²) in [6.45, 7) is 9.40. The lowest BCUT2D eigenvalue weighted by molar-refractivity contribution is 0.348. The summed E-state index contributed by atoms with van der Waals surface area (Å²) in [5.41, 5.74) is 6.97. The molecule has 21 heavy (non-hydrogen) atoms. The van der Waals surface area contributed by atoms with Crippen molar-refractivity contribution in [2.45, 2.75) is 58.8 Å². The quantitative estimate of drug-likeness (QED) is 0.893. The fraction of sp³-hybridized carbons (Fsp3) is 0.765. The number of hydrogen-bond donors (Lipinski definition) is 2. The van der Waals surface area contributed by atoms with Crippen molar-refractivity contribution in [3.63, 3.8) is 0 Å². The summed E-state index contributed by atoms with van der Waals surface area (Å²) in [7, 11) is 0. The lowest BCUT2D eigenvalue weighted by atomic mass is 9.89. The van der Waals surface area contributed by atoms with Gasteiger partial charge in [0.15, 0.2) is 0 Å². The van der Waals surface area contributed by atoms with Crippen LogP contribution in [0.2, 0.25) is 0 Å². The molecule has 4 heteroatoms. The number of nitrogens with zero attached hydrogens (tertiary/aromatic N) is 2. The van der Waals surface area contributed by atoms with Crippen molar-refractivity contribution < 1.29 is 0 Å². The molecule has 3 unspecified atom stereocenters. The fourth-order valence-corrected chi connectivity index (χ4v) is 3.90. The van der Waals surface area contributed by atoms with Crippen LogP contribution in [0.25, 0.3) is 0 Å². The van der Waals surface area contributed by atoms with E-state index in [9.17, 15) is 0 Å². The van der Waals surface area contributed by atoms with E-state index in [0.29, 0.717) is 5.82 Å². The van der Waals surface area contributed by atoms with Crippen molar-refractivity contribution in [2.24, 2.45) is 17.8 Å². The Morgan fingerprint density at radius 3 is 2.52 bits per heavy atom. The number of anilines is 2. The van der Waals surface area contributed by atoms with Gasteiger partial charge in [0.1, 0.15) is 17.5 Å². The molecule has 0 saturated heterocycles. The zero-order chi connectivity index (χ0) is 15.2. The Hall–Kier alpha value is -1.32. The average molecular weight is 288 g/mol. The van der Waals surface area contributed by atoms with Gasteiger partial charge in [0.25, 0.3) is 0 Å². The molecule has 3 rings (SSSR count). The molecule has 0 radical (unpaired) electrons. The third-order valence-corrected chi connectivity index (χ3v) is 5.27. The van der Waals surface area contributed by atoms with E-state index in [4.69, 9.17) is 10.7 Å². The van der Waals surface area contributed by atoms with Crippen molar-refractivity contribution in [1.82, 2.24) is 9.97 Å². The Morgan fingerprint density at radius 1 is 1.19 bits per heavy atom. The molecule has 2 bridgehead atoms. The second-order valence-corrected chi connectivity index (χ2v) is 7.97. The van der Waals surface area contributed by atoms with Crippen LogP contribution in [0, 0.1) is 24.7 Å². The Balaban J connectivity index is 1.74. The summed E-state index contributed by atoms with van der Waals surface area (Å²) >= 11 is 0. The summed E-state index contributed by atoms with van der Waals surface area (Å²) < 4.78 is 0. The fourth-order valence-electron chi connectivity index (χ4n) is 3.90. The maximum Gasteiger partial charge on any atom is 0.138 e. The van der Waals surface area contributed by atoms with Crippen molar-refractivity contribution in [3.05, 3.63) is 11.4 Å². The Bertz CT molecular complexity index is 532. The second kappa shape index (κ2) is 5.15. The van der Waals surface area contributed by atoms with E-state index in [2.05, 4.69) is 31.1 Å². The number of fused-ring (bicyclic) bond motifs is 2. The first kappa shape index (κ1) is 14.6. The van der Waals surface area contributed by atoms with Gasteiger partial charge < -0.3 is 11.1 Å². The maximum atomic E-state index is 6.07. The highest BCUT2D eigenvalue weighted by molar-refractivity contribution is 5.55. The molecule has 2 fully saturated rings. The first-order chi connectivity index (χ1) is 9.84. The molecule has 4 nitrogen and oxygen atoms in total. The van der Waals surface area contributed by atoms with Crippen LogP contribution in [0.1, 0.15) is 57.8 Å². The largest absolute Gasteiger partial charge is 0.383 e. The molecule has 2 aliphatic rings. The Labute approximate surface area is 127 Å². The number of aromatic nitrogens is 2. The van der Waals surface area contributed by atoms with Gasteiger partial charge in [-0.15, -0.1) is 0 Å². The van der Waals surface area contributed by atoms with Crippen LogP contribution in [-0.2, 0) is 5.41 Å². The van der Waals surface area contributed by atoms with Crippen LogP contribution < -0.4 is 11.1 Å². The van der Waals surface area contributed by atoms with E-state index in [1.54, 1.807) is 0 Å². The predicted octanol–water partition coefficient (Wildman–Crippen LogP) is 3.51. The molecule has 1 aromatic rings. The zero-order valence-electron chi connectivity index (χ0n) is 13.7. The van der Waals surface area contributed by atoms with Crippen LogP contribution in [-0.4, -0.2) is 16.5 Å². The van der Waals surface area contributed by atoms with E-state index >= 15 is 0 Å². The van der Waals surface area contributed by atoms with Crippen LogP contribution in [0.4, 0.5) is 11.6 Å². The average Bonchev–Trinajstić information content (AvgIpc) is 3.01. The predicted molar refractivity (Wildman–Crippen MR) is 87.3 cm³/mol. The van der Waals surface area contributed by atoms with Crippen LogP contribution in [0.15, 0.2) is 0 Å². The third-order valence-electron chi connectivity index (χ3n) is 5.27. The SMILES string of the molecule is Cc1c(N)nc(C(C)(C)C)nc1NCC1CC2CCC1C2. The van der Waals surface area contributed by atoms with Gasteiger partial charge >= 0.3 is 0 Å². The maximum absolute atomic E-state index is 6.07. The van der Waals surface area contributed by atoms with E-state index < -0.39 is 0 Å². The van der Waals surface area contributed by atoms with E-state index in [-0.39, 0.29) is 5.41 Å². The molecular formula is C17H28N4. The lowest BCUT2D eigenvalue weighted by Gasteiger charge is -2.24. The molecule has 1 aromatic heterocycles. The molecule has 0 aliphatic heterocycles. The highest BCUT2D eigenvalue weighted by Gasteiger charge is 2.39. The molecule has 3 atom stereocenters. The summed E-state index contributed by atoms with van der Waals surface area (Å²) in [5, 5.41) is 3.56. The summed E-state index contributed by atoms with van der Waals surface area (Å²) in [5.74, 6) is 5.09. The molecular weight excluding hydrogens is 260 g/mol. The van der Waals surface area contributed by atoms with E-state index in [0.717, 1.165) is 41.5 Å². The van der Waals surface area contributed by atoms with Crippen molar-refractivity contribution in [1.29, 1.82) is 0 Å². The third kappa shape index (κ3) is 2.85. The van der Waals surface area contributed by atoms with Gasteiger partial charge in [-0.25, -0.2) is 9.97 Å². The summed E-state index contributed by atoms with van der Waals surface area (Å²) in [6, 6.07) is 0. The number of rotatable bonds is 3. The van der Waals surface area contributed by atoms with Crippen molar-refractivity contribution in [3.8, 4) is 0 Å². The van der Waals surface area contributed by atoms with Gasteiger partial charge in [0.2, 0.25) is 0 Å². The van der Waals surface area contributed by atoms with E-state index in [1.807, 2.05) is 6.92 Å². The minimum Gasteiger partial charge on any atom is -0.383 e. The molecule has 0 spiro atoms. The zero-order valence-corrected chi connectivity index (χ0v) is 13.7. The molecule has 0 aromatic carbocycles. The standard InChI is InChI=1S/C17H28N4/c1-10-14(18)20-16(17(2,3)4)21-15(10)19-9-13-8-11-5-6-12(13)7-11/h11-13H,5-9H2,1-4H3,(H3,18,19,20,21). The minimum atomic E-state index is -0.0787. The number of hydrogen-bond acceptors (Lipinski definition) is 4. The molecule has 116 valence electrons. The molecule has 2 aliphatic carbocycles. The van der Waals surface area contributed by atoms with Gasteiger partial charge in [0.05, 0.1) is 0 Å². The number of nitrogens with two attached hydrogens (primary N) is 1. The minimum absolute atomic E-state index is 0.0787. The molecule has 3 N–H and O–H groups in total. The smallest absolute Gasteiger partial charge is 0.138 e. The number of nitrogen functional groups attached to an aromatic ring is 1. The van der Waals surface area contributed by atoms with Gasteiger partial charge in [-0.2, -0.15) is 0 Å². The van der Waals surface area contributed by atoms with Crippen molar-refractivity contribution >= 4 is 11.6 Å². The summed E-state index contributed by atoms with van der Waals surface area (Å²) in [4.78, 5) is 9.17. The topological polar surface area (TPSA) is 63.8 Å². The first-order valence-corrected chi connectivity index (χ1v) is 8.23. The second-order valence-electron chi connectivity index (χ2n) is 7.97. The molecule has 1 heterocycles.